The van der Waals surface area contributed by atoms with E-state index in [0.717, 1.165) is 23.2 Å². The molecule has 0 bridgehead atoms. The number of nitriles is 1. The van der Waals surface area contributed by atoms with Crippen molar-refractivity contribution in [1.29, 1.82) is 5.26 Å². The van der Waals surface area contributed by atoms with Crippen LogP contribution in [-0.2, 0) is 24.2 Å². The summed E-state index contributed by atoms with van der Waals surface area (Å²) in [6.45, 7) is 6.16. The Kier molecular flexibility index (Phi) is 6.47. The summed E-state index contributed by atoms with van der Waals surface area (Å²) in [6, 6.07) is 11.4. The average Bonchev–Trinajstić information content (AvgIpc) is 2.66. The number of hydrogen-bond acceptors (Lipinski definition) is 5. The van der Waals surface area contributed by atoms with Crippen molar-refractivity contribution in [1.82, 2.24) is 15.5 Å². The van der Waals surface area contributed by atoms with E-state index in [-0.39, 0.29) is 5.91 Å². The van der Waals surface area contributed by atoms with Gasteiger partial charge >= 0.3 is 0 Å². The van der Waals surface area contributed by atoms with Gasteiger partial charge in [0.05, 0.1) is 5.69 Å². The first kappa shape index (κ1) is 18.4. The zero-order valence-corrected chi connectivity index (χ0v) is 14.8. The summed E-state index contributed by atoms with van der Waals surface area (Å²) in [4.78, 5) is 12.3. The molecule has 2 aromatic rings. The summed E-state index contributed by atoms with van der Waals surface area (Å²) < 4.78 is 0. The Morgan fingerprint density at radius 1 is 1.20 bits per heavy atom. The lowest BCUT2D eigenvalue weighted by atomic mass is 10.0. The molecule has 1 heterocycles. The van der Waals surface area contributed by atoms with Crippen LogP contribution < -0.4 is 10.6 Å². The van der Waals surface area contributed by atoms with Crippen molar-refractivity contribution < 1.29 is 4.79 Å². The Bertz CT molecular complexity index is 767. The molecule has 1 aromatic heterocycles. The molecular weight excluding hydrogens is 314 g/mol. The minimum absolute atomic E-state index is 0.160. The molecule has 25 heavy (non-hydrogen) atoms. The smallest absolute Gasteiger partial charge is 0.242 e. The number of aromatic nitrogens is 2. The van der Waals surface area contributed by atoms with Gasteiger partial charge in [0.2, 0.25) is 5.91 Å². The standard InChI is InChI=1S/C19H23N5O/c1-4-15-16(11-20)18(24-23-17(15)5-2)22-13(3)19(25)21-12-14-9-7-6-8-10-14/h6-10,13H,4-5,12H2,1-3H3,(H,21,25)(H,22,24). The molecule has 0 fully saturated rings. The maximum atomic E-state index is 12.3. The lowest BCUT2D eigenvalue weighted by Gasteiger charge is -2.17. The van der Waals surface area contributed by atoms with Crippen LogP contribution in [0.2, 0.25) is 0 Å². The van der Waals surface area contributed by atoms with Gasteiger partial charge < -0.3 is 10.6 Å². The van der Waals surface area contributed by atoms with Crippen molar-refractivity contribution in [2.45, 2.75) is 46.2 Å². The summed E-state index contributed by atoms with van der Waals surface area (Å²) >= 11 is 0. The topological polar surface area (TPSA) is 90.7 Å². The molecule has 2 rings (SSSR count). The maximum absolute atomic E-state index is 12.3. The summed E-state index contributed by atoms with van der Waals surface area (Å²) in [5, 5.41) is 23.7. The number of rotatable bonds is 7. The van der Waals surface area contributed by atoms with E-state index in [1.807, 2.05) is 44.2 Å². The summed E-state index contributed by atoms with van der Waals surface area (Å²) in [6.07, 6.45) is 1.42. The van der Waals surface area contributed by atoms with Gasteiger partial charge in [-0.05, 0) is 30.9 Å². The van der Waals surface area contributed by atoms with Gasteiger partial charge in [-0.15, -0.1) is 5.10 Å². The summed E-state index contributed by atoms with van der Waals surface area (Å²) in [7, 11) is 0. The van der Waals surface area contributed by atoms with Crippen LogP contribution in [0.25, 0.3) is 0 Å². The second kappa shape index (κ2) is 8.78. The zero-order valence-electron chi connectivity index (χ0n) is 14.8. The average molecular weight is 337 g/mol. The Balaban J connectivity index is 2.08. The van der Waals surface area contributed by atoms with Crippen molar-refractivity contribution in [2.75, 3.05) is 5.32 Å². The molecule has 6 heteroatoms. The Hall–Kier alpha value is -2.94. The molecule has 0 aliphatic heterocycles. The van der Waals surface area contributed by atoms with Gasteiger partial charge in [-0.3, -0.25) is 4.79 Å². The number of benzene rings is 1. The predicted molar refractivity (Wildman–Crippen MR) is 96.9 cm³/mol. The Labute approximate surface area is 148 Å². The van der Waals surface area contributed by atoms with E-state index in [1.165, 1.54) is 0 Å². The lowest BCUT2D eigenvalue weighted by molar-refractivity contribution is -0.121. The van der Waals surface area contributed by atoms with Crippen LogP contribution in [0.5, 0.6) is 0 Å². The Morgan fingerprint density at radius 2 is 1.92 bits per heavy atom. The van der Waals surface area contributed by atoms with Gasteiger partial charge in [-0.25, -0.2) is 0 Å². The van der Waals surface area contributed by atoms with Crippen LogP contribution in [0, 0.1) is 11.3 Å². The second-order valence-electron chi connectivity index (χ2n) is 5.74. The molecular formula is C19H23N5O. The highest BCUT2D eigenvalue weighted by atomic mass is 16.2. The number of carbonyl (C=O) groups is 1. The molecule has 1 aromatic carbocycles. The maximum Gasteiger partial charge on any atom is 0.242 e. The van der Waals surface area contributed by atoms with Gasteiger partial charge in [0.15, 0.2) is 5.82 Å². The number of amides is 1. The monoisotopic (exact) mass is 337 g/mol. The second-order valence-corrected chi connectivity index (χ2v) is 5.74. The summed E-state index contributed by atoms with van der Waals surface area (Å²) in [5.74, 6) is 0.200. The van der Waals surface area contributed by atoms with Crippen molar-refractivity contribution >= 4 is 11.7 Å². The number of anilines is 1. The highest BCUT2D eigenvalue weighted by Gasteiger charge is 2.19. The normalized spacial score (nSPS) is 11.4. The van der Waals surface area contributed by atoms with Gasteiger partial charge in [-0.2, -0.15) is 10.4 Å². The van der Waals surface area contributed by atoms with E-state index in [0.29, 0.717) is 24.3 Å². The first-order valence-electron chi connectivity index (χ1n) is 8.47. The van der Waals surface area contributed by atoms with Crippen LogP contribution in [0.4, 0.5) is 5.82 Å². The third-order valence-electron chi connectivity index (χ3n) is 4.01. The fourth-order valence-electron chi connectivity index (χ4n) is 2.60. The van der Waals surface area contributed by atoms with E-state index in [9.17, 15) is 10.1 Å². The van der Waals surface area contributed by atoms with Gasteiger partial charge in [0.1, 0.15) is 17.7 Å². The first-order valence-corrected chi connectivity index (χ1v) is 8.47. The van der Waals surface area contributed by atoms with E-state index in [4.69, 9.17) is 0 Å². The largest absolute Gasteiger partial charge is 0.356 e. The highest BCUT2D eigenvalue weighted by Crippen LogP contribution is 2.20. The molecule has 1 amide bonds. The van der Waals surface area contributed by atoms with Gasteiger partial charge in [0, 0.05) is 6.54 Å². The first-order chi connectivity index (χ1) is 12.1. The number of carbonyl (C=O) groups excluding carboxylic acids is 1. The van der Waals surface area contributed by atoms with E-state index in [1.54, 1.807) is 6.92 Å². The van der Waals surface area contributed by atoms with E-state index < -0.39 is 6.04 Å². The fraction of sp³-hybridized carbons (Fsp3) is 0.368. The van der Waals surface area contributed by atoms with Crippen LogP contribution >= 0.6 is 0 Å². The molecule has 1 atom stereocenters. The molecule has 2 N–H and O–H groups in total. The molecule has 0 aliphatic carbocycles. The number of nitrogens with zero attached hydrogens (tertiary/aromatic N) is 3. The van der Waals surface area contributed by atoms with E-state index >= 15 is 0 Å². The van der Waals surface area contributed by atoms with Crippen molar-refractivity contribution in [2.24, 2.45) is 0 Å². The fourth-order valence-corrected chi connectivity index (χ4v) is 2.60. The van der Waals surface area contributed by atoms with E-state index in [2.05, 4.69) is 26.9 Å². The van der Waals surface area contributed by atoms with Gasteiger partial charge in [0.25, 0.3) is 0 Å². The third-order valence-corrected chi connectivity index (χ3v) is 4.01. The predicted octanol–water partition coefficient (Wildman–Crippen LogP) is 2.59. The number of nitrogens with one attached hydrogen (secondary N) is 2. The van der Waals surface area contributed by atoms with Gasteiger partial charge in [-0.1, -0.05) is 44.2 Å². The molecule has 6 nitrogen and oxygen atoms in total. The van der Waals surface area contributed by atoms with Crippen molar-refractivity contribution in [3.8, 4) is 6.07 Å². The molecule has 130 valence electrons. The number of hydrogen-bond donors (Lipinski definition) is 2. The highest BCUT2D eigenvalue weighted by molar-refractivity contribution is 5.84. The molecule has 0 aliphatic rings. The van der Waals surface area contributed by atoms with Crippen LogP contribution in [0.3, 0.4) is 0 Å². The van der Waals surface area contributed by atoms with Crippen LogP contribution in [0.15, 0.2) is 30.3 Å². The molecule has 1 unspecified atom stereocenters. The quantitative estimate of drug-likeness (QED) is 0.810. The molecule has 0 saturated heterocycles. The summed E-state index contributed by atoms with van der Waals surface area (Å²) in [5.41, 5.74) is 3.21. The minimum Gasteiger partial charge on any atom is -0.356 e. The van der Waals surface area contributed by atoms with Crippen molar-refractivity contribution in [3.63, 3.8) is 0 Å². The lowest BCUT2D eigenvalue weighted by Crippen LogP contribution is -2.37. The molecule has 0 spiro atoms. The van der Waals surface area contributed by atoms with Crippen LogP contribution in [-0.4, -0.2) is 22.1 Å². The third kappa shape index (κ3) is 4.54. The number of aryl methyl sites for hydroxylation is 1. The SMILES string of the molecule is CCc1nnc(NC(C)C(=O)NCc2ccccc2)c(C#N)c1CC. The minimum atomic E-state index is -0.526. The van der Waals surface area contributed by atoms with Crippen LogP contribution in [0.1, 0.15) is 43.2 Å². The van der Waals surface area contributed by atoms with Crippen molar-refractivity contribution in [3.05, 3.63) is 52.7 Å². The molecule has 0 saturated carbocycles. The zero-order chi connectivity index (χ0) is 18.2. The molecule has 0 radical (unpaired) electrons. The Morgan fingerprint density at radius 3 is 2.52 bits per heavy atom.